The molecule has 0 spiro atoms. The number of hydrogen-bond donors (Lipinski definition) is 1. The van der Waals surface area contributed by atoms with E-state index in [1.807, 2.05) is 0 Å². The van der Waals surface area contributed by atoms with Crippen molar-refractivity contribution in [2.75, 3.05) is 12.3 Å². The van der Waals surface area contributed by atoms with Gasteiger partial charge in [0, 0.05) is 10.7 Å². The second-order valence-electron chi connectivity index (χ2n) is 3.55. The molecule has 18 heavy (non-hydrogen) atoms. The molecule has 0 bridgehead atoms. The van der Waals surface area contributed by atoms with Gasteiger partial charge in [-0.1, -0.05) is 11.6 Å². The van der Waals surface area contributed by atoms with Gasteiger partial charge in [0.25, 0.3) is 0 Å². The van der Waals surface area contributed by atoms with E-state index in [1.54, 1.807) is 35.8 Å². The van der Waals surface area contributed by atoms with Crippen LogP contribution in [-0.2, 0) is 4.74 Å². The zero-order valence-electron chi connectivity index (χ0n) is 9.76. The van der Waals surface area contributed by atoms with E-state index in [1.165, 1.54) is 6.33 Å². The lowest BCUT2D eigenvalue weighted by Gasteiger charge is -2.05. The Morgan fingerprint density at radius 1 is 1.44 bits per heavy atom. The van der Waals surface area contributed by atoms with Crippen molar-refractivity contribution in [2.45, 2.75) is 6.92 Å². The van der Waals surface area contributed by atoms with E-state index < -0.39 is 5.97 Å². The van der Waals surface area contributed by atoms with Crippen LogP contribution in [0.1, 0.15) is 17.4 Å². The van der Waals surface area contributed by atoms with Crippen molar-refractivity contribution in [3.8, 4) is 5.69 Å². The van der Waals surface area contributed by atoms with Crippen molar-refractivity contribution in [1.29, 1.82) is 0 Å². The number of halogens is 1. The van der Waals surface area contributed by atoms with Crippen molar-refractivity contribution < 1.29 is 9.53 Å². The van der Waals surface area contributed by atoms with Crippen molar-refractivity contribution in [2.24, 2.45) is 0 Å². The van der Waals surface area contributed by atoms with Crippen LogP contribution >= 0.6 is 11.6 Å². The molecule has 6 heteroatoms. The van der Waals surface area contributed by atoms with E-state index >= 15 is 0 Å². The number of nitrogens with two attached hydrogens (primary N) is 1. The molecule has 2 rings (SSSR count). The maximum atomic E-state index is 11.6. The van der Waals surface area contributed by atoms with Crippen LogP contribution in [0.4, 0.5) is 5.82 Å². The van der Waals surface area contributed by atoms with Crippen LogP contribution in [0, 0.1) is 0 Å². The van der Waals surface area contributed by atoms with Gasteiger partial charge in [-0.2, -0.15) is 0 Å². The van der Waals surface area contributed by atoms with E-state index in [0.29, 0.717) is 5.02 Å². The fourth-order valence-corrected chi connectivity index (χ4v) is 1.65. The van der Waals surface area contributed by atoms with E-state index in [2.05, 4.69) is 4.98 Å². The summed E-state index contributed by atoms with van der Waals surface area (Å²) < 4.78 is 6.46. The van der Waals surface area contributed by atoms with Crippen molar-refractivity contribution in [3.05, 3.63) is 41.3 Å². The van der Waals surface area contributed by atoms with Crippen LogP contribution < -0.4 is 5.73 Å². The molecule has 2 aromatic rings. The predicted molar refractivity (Wildman–Crippen MR) is 68.9 cm³/mol. The van der Waals surface area contributed by atoms with Crippen LogP contribution in [0.5, 0.6) is 0 Å². The Kier molecular flexibility index (Phi) is 3.53. The van der Waals surface area contributed by atoms with Crippen molar-refractivity contribution >= 4 is 23.4 Å². The Hall–Kier alpha value is -2.01. The molecule has 1 heterocycles. The summed E-state index contributed by atoms with van der Waals surface area (Å²) in [6, 6.07) is 7.05. The average Bonchev–Trinajstić information content (AvgIpc) is 2.73. The molecule has 0 saturated carbocycles. The third-order valence-corrected chi connectivity index (χ3v) is 2.63. The summed E-state index contributed by atoms with van der Waals surface area (Å²) in [6.07, 6.45) is 1.48. The third-order valence-electron chi connectivity index (χ3n) is 2.38. The fourth-order valence-electron chi connectivity index (χ4n) is 1.52. The number of hydrogen-bond acceptors (Lipinski definition) is 4. The number of ether oxygens (including phenoxy) is 1. The molecule has 0 amide bonds. The van der Waals surface area contributed by atoms with Gasteiger partial charge in [-0.15, -0.1) is 0 Å². The number of anilines is 1. The molecule has 0 aliphatic heterocycles. The first-order valence-electron chi connectivity index (χ1n) is 5.39. The zero-order chi connectivity index (χ0) is 13.1. The summed E-state index contributed by atoms with van der Waals surface area (Å²) >= 11 is 5.81. The Labute approximate surface area is 109 Å². The molecule has 0 unspecified atom stereocenters. The van der Waals surface area contributed by atoms with E-state index in [0.717, 1.165) is 5.69 Å². The quantitative estimate of drug-likeness (QED) is 0.865. The predicted octanol–water partition coefficient (Wildman–Crippen LogP) is 2.28. The fraction of sp³-hybridized carbons (Fsp3) is 0.167. The standard InChI is InChI=1S/C12H12ClN3O2/c1-2-18-12(17)10-11(14)16(7-15-10)9-5-3-8(13)4-6-9/h3-7H,2,14H2,1H3. The Morgan fingerprint density at radius 3 is 2.72 bits per heavy atom. The number of carbonyl (C=O) groups excluding carboxylic acids is 1. The summed E-state index contributed by atoms with van der Waals surface area (Å²) in [5, 5.41) is 0.628. The minimum Gasteiger partial charge on any atom is -0.461 e. The second-order valence-corrected chi connectivity index (χ2v) is 3.98. The van der Waals surface area contributed by atoms with Gasteiger partial charge < -0.3 is 10.5 Å². The van der Waals surface area contributed by atoms with Gasteiger partial charge in [-0.25, -0.2) is 9.78 Å². The third kappa shape index (κ3) is 2.31. The first-order valence-corrected chi connectivity index (χ1v) is 5.77. The molecule has 0 aliphatic carbocycles. The molecule has 1 aromatic carbocycles. The minimum absolute atomic E-state index is 0.117. The minimum atomic E-state index is -0.525. The summed E-state index contributed by atoms with van der Waals surface area (Å²) in [5.74, 6) is -0.279. The summed E-state index contributed by atoms with van der Waals surface area (Å²) in [5.41, 5.74) is 6.77. The average molecular weight is 266 g/mol. The molecule has 2 N–H and O–H groups in total. The van der Waals surface area contributed by atoms with Crippen LogP contribution in [0.25, 0.3) is 5.69 Å². The molecule has 0 atom stereocenters. The lowest BCUT2D eigenvalue weighted by molar-refractivity contribution is 0.0521. The number of nitrogens with zero attached hydrogens (tertiary/aromatic N) is 2. The summed E-state index contributed by atoms with van der Waals surface area (Å²) in [6.45, 7) is 2.01. The normalized spacial score (nSPS) is 10.3. The van der Waals surface area contributed by atoms with Crippen molar-refractivity contribution in [3.63, 3.8) is 0 Å². The first-order chi connectivity index (χ1) is 8.63. The Morgan fingerprint density at radius 2 is 2.11 bits per heavy atom. The highest BCUT2D eigenvalue weighted by molar-refractivity contribution is 6.30. The van der Waals surface area contributed by atoms with E-state index in [-0.39, 0.29) is 18.1 Å². The SMILES string of the molecule is CCOC(=O)c1ncn(-c2ccc(Cl)cc2)c1N. The lowest BCUT2D eigenvalue weighted by atomic mass is 10.3. The van der Waals surface area contributed by atoms with E-state index in [4.69, 9.17) is 22.1 Å². The van der Waals surface area contributed by atoms with Crippen LogP contribution in [0.2, 0.25) is 5.02 Å². The lowest BCUT2D eigenvalue weighted by Crippen LogP contribution is -2.09. The maximum Gasteiger partial charge on any atom is 0.360 e. The smallest absolute Gasteiger partial charge is 0.360 e. The van der Waals surface area contributed by atoms with Crippen LogP contribution in [0.15, 0.2) is 30.6 Å². The van der Waals surface area contributed by atoms with Gasteiger partial charge in [-0.05, 0) is 31.2 Å². The zero-order valence-corrected chi connectivity index (χ0v) is 10.5. The van der Waals surface area contributed by atoms with Gasteiger partial charge in [0.05, 0.1) is 6.61 Å². The monoisotopic (exact) mass is 265 g/mol. The molecular formula is C12H12ClN3O2. The number of imidazole rings is 1. The number of rotatable bonds is 3. The Balaban J connectivity index is 2.36. The van der Waals surface area contributed by atoms with Gasteiger partial charge in [0.15, 0.2) is 5.69 Å². The highest BCUT2D eigenvalue weighted by atomic mass is 35.5. The number of benzene rings is 1. The molecule has 94 valence electrons. The highest BCUT2D eigenvalue weighted by Gasteiger charge is 2.17. The van der Waals surface area contributed by atoms with Gasteiger partial charge in [0.2, 0.25) is 0 Å². The highest BCUT2D eigenvalue weighted by Crippen LogP contribution is 2.19. The summed E-state index contributed by atoms with van der Waals surface area (Å²) in [7, 11) is 0. The van der Waals surface area contributed by atoms with Crippen LogP contribution in [0.3, 0.4) is 0 Å². The maximum absolute atomic E-state index is 11.6. The van der Waals surface area contributed by atoms with E-state index in [9.17, 15) is 4.79 Å². The second kappa shape index (κ2) is 5.10. The number of carbonyl (C=O) groups is 1. The Bertz CT molecular complexity index is 563. The molecular weight excluding hydrogens is 254 g/mol. The topological polar surface area (TPSA) is 70.1 Å². The van der Waals surface area contributed by atoms with Gasteiger partial charge >= 0.3 is 5.97 Å². The molecule has 0 fully saturated rings. The number of esters is 1. The molecule has 0 saturated heterocycles. The molecule has 1 aromatic heterocycles. The summed E-state index contributed by atoms with van der Waals surface area (Å²) in [4.78, 5) is 15.5. The molecule has 0 aliphatic rings. The first kappa shape index (κ1) is 12.4. The largest absolute Gasteiger partial charge is 0.461 e. The number of nitrogen functional groups attached to an aromatic ring is 1. The van der Waals surface area contributed by atoms with Crippen LogP contribution in [-0.4, -0.2) is 22.1 Å². The molecule has 0 radical (unpaired) electrons. The van der Waals surface area contributed by atoms with Gasteiger partial charge in [-0.3, -0.25) is 4.57 Å². The van der Waals surface area contributed by atoms with Gasteiger partial charge in [0.1, 0.15) is 12.1 Å². The van der Waals surface area contributed by atoms with Crippen molar-refractivity contribution in [1.82, 2.24) is 9.55 Å². The molecule has 5 nitrogen and oxygen atoms in total. The number of aromatic nitrogens is 2.